The lowest BCUT2D eigenvalue weighted by molar-refractivity contribution is -0.136. The second kappa shape index (κ2) is 6.29. The minimum absolute atomic E-state index is 0.148. The van der Waals surface area contributed by atoms with Crippen molar-refractivity contribution in [1.29, 1.82) is 0 Å². The van der Waals surface area contributed by atoms with Crippen LogP contribution in [0.2, 0.25) is 0 Å². The standard InChI is InChI=1S/C17H21FN2O/c18-15-8-4-5-9-16(15)19-10-12-20(13-11-19)17(21)14-6-2-1-3-7-14/h1-2,4-5,8-9,14H,3,6-7,10-13H2. The maximum Gasteiger partial charge on any atom is 0.226 e. The first-order valence-electron chi connectivity index (χ1n) is 7.69. The van der Waals surface area contributed by atoms with Crippen LogP contribution in [-0.2, 0) is 4.79 Å². The Morgan fingerprint density at radius 1 is 1.10 bits per heavy atom. The smallest absolute Gasteiger partial charge is 0.226 e. The van der Waals surface area contributed by atoms with Crippen molar-refractivity contribution in [1.82, 2.24) is 4.90 Å². The predicted molar refractivity (Wildman–Crippen MR) is 81.7 cm³/mol. The normalized spacial score (nSPS) is 22.4. The zero-order chi connectivity index (χ0) is 14.7. The molecule has 0 N–H and O–H groups in total. The molecule has 1 saturated heterocycles. The first-order chi connectivity index (χ1) is 10.3. The van der Waals surface area contributed by atoms with Crippen LogP contribution in [0.25, 0.3) is 0 Å². The molecule has 1 aromatic rings. The summed E-state index contributed by atoms with van der Waals surface area (Å²) in [6, 6.07) is 6.85. The first kappa shape index (κ1) is 14.1. The van der Waals surface area contributed by atoms with Gasteiger partial charge in [0.25, 0.3) is 0 Å². The molecule has 0 spiro atoms. The van der Waals surface area contributed by atoms with Crippen LogP contribution in [0, 0.1) is 11.7 Å². The third kappa shape index (κ3) is 3.09. The largest absolute Gasteiger partial charge is 0.366 e. The van der Waals surface area contributed by atoms with Gasteiger partial charge in [0.15, 0.2) is 0 Å². The summed E-state index contributed by atoms with van der Waals surface area (Å²) in [7, 11) is 0. The molecule has 21 heavy (non-hydrogen) atoms. The van der Waals surface area contributed by atoms with Crippen molar-refractivity contribution < 1.29 is 9.18 Å². The van der Waals surface area contributed by atoms with Crippen LogP contribution < -0.4 is 4.90 Å². The molecule has 3 nitrogen and oxygen atoms in total. The van der Waals surface area contributed by atoms with Crippen LogP contribution in [0.1, 0.15) is 19.3 Å². The Balaban J connectivity index is 1.59. The lowest BCUT2D eigenvalue weighted by Crippen LogP contribution is -2.50. The quantitative estimate of drug-likeness (QED) is 0.781. The van der Waals surface area contributed by atoms with E-state index in [1.165, 1.54) is 6.07 Å². The fourth-order valence-corrected chi connectivity index (χ4v) is 3.15. The van der Waals surface area contributed by atoms with Crippen molar-refractivity contribution in [3.63, 3.8) is 0 Å². The summed E-state index contributed by atoms with van der Waals surface area (Å²) in [6.07, 6.45) is 7.10. The molecule has 112 valence electrons. The molecule has 1 heterocycles. The van der Waals surface area contributed by atoms with Gasteiger partial charge in [0.2, 0.25) is 5.91 Å². The van der Waals surface area contributed by atoms with Gasteiger partial charge in [0, 0.05) is 32.1 Å². The predicted octanol–water partition coefficient (Wildman–Crippen LogP) is 2.83. The SMILES string of the molecule is O=C(C1CC=CCC1)N1CCN(c2ccccc2F)CC1. The highest BCUT2D eigenvalue weighted by Crippen LogP contribution is 2.23. The Kier molecular flexibility index (Phi) is 4.23. The first-order valence-corrected chi connectivity index (χ1v) is 7.69. The van der Waals surface area contributed by atoms with E-state index in [4.69, 9.17) is 0 Å². The van der Waals surface area contributed by atoms with Gasteiger partial charge in [-0.3, -0.25) is 4.79 Å². The molecule has 2 aliphatic rings. The number of para-hydroxylation sites is 1. The van der Waals surface area contributed by atoms with Crippen LogP contribution in [0.5, 0.6) is 0 Å². The van der Waals surface area contributed by atoms with Crippen molar-refractivity contribution in [2.45, 2.75) is 19.3 Å². The van der Waals surface area contributed by atoms with E-state index in [0.29, 0.717) is 31.9 Å². The molecule has 1 unspecified atom stereocenters. The number of halogens is 1. The van der Waals surface area contributed by atoms with Gasteiger partial charge in [-0.1, -0.05) is 24.3 Å². The molecular formula is C17H21FN2O. The topological polar surface area (TPSA) is 23.6 Å². The number of amides is 1. The van der Waals surface area contributed by atoms with Crippen molar-refractivity contribution in [3.8, 4) is 0 Å². The maximum atomic E-state index is 13.8. The van der Waals surface area contributed by atoms with Gasteiger partial charge in [-0.05, 0) is 31.4 Å². The summed E-state index contributed by atoms with van der Waals surface area (Å²) in [5, 5.41) is 0. The molecule has 1 fully saturated rings. The third-order valence-electron chi connectivity index (χ3n) is 4.40. The monoisotopic (exact) mass is 288 g/mol. The van der Waals surface area contributed by atoms with Crippen LogP contribution in [-0.4, -0.2) is 37.0 Å². The van der Waals surface area contributed by atoms with E-state index in [0.717, 1.165) is 19.3 Å². The summed E-state index contributed by atoms with van der Waals surface area (Å²) in [4.78, 5) is 16.4. The molecule has 1 aliphatic carbocycles. The number of anilines is 1. The van der Waals surface area contributed by atoms with E-state index in [1.54, 1.807) is 12.1 Å². The second-order valence-corrected chi connectivity index (χ2v) is 5.75. The molecular weight excluding hydrogens is 267 g/mol. The van der Waals surface area contributed by atoms with Crippen molar-refractivity contribution in [3.05, 3.63) is 42.2 Å². The van der Waals surface area contributed by atoms with E-state index in [-0.39, 0.29) is 17.6 Å². The lowest BCUT2D eigenvalue weighted by atomic mass is 9.93. The summed E-state index contributed by atoms with van der Waals surface area (Å²) >= 11 is 0. The van der Waals surface area contributed by atoms with E-state index >= 15 is 0 Å². The van der Waals surface area contributed by atoms with Gasteiger partial charge in [-0.15, -0.1) is 0 Å². The zero-order valence-corrected chi connectivity index (χ0v) is 12.2. The Labute approximate surface area is 125 Å². The molecule has 1 amide bonds. The Morgan fingerprint density at radius 3 is 2.52 bits per heavy atom. The average Bonchev–Trinajstić information content (AvgIpc) is 2.56. The van der Waals surface area contributed by atoms with E-state index in [2.05, 4.69) is 12.2 Å². The second-order valence-electron chi connectivity index (χ2n) is 5.75. The molecule has 1 atom stereocenters. The number of hydrogen-bond acceptors (Lipinski definition) is 2. The number of carbonyl (C=O) groups excluding carboxylic acids is 1. The van der Waals surface area contributed by atoms with Gasteiger partial charge in [-0.25, -0.2) is 4.39 Å². The molecule has 1 aliphatic heterocycles. The van der Waals surface area contributed by atoms with Crippen LogP contribution in [0.3, 0.4) is 0 Å². The highest BCUT2D eigenvalue weighted by molar-refractivity contribution is 5.79. The van der Waals surface area contributed by atoms with E-state index in [9.17, 15) is 9.18 Å². The summed E-state index contributed by atoms with van der Waals surface area (Å²) in [6.45, 7) is 2.78. The Hall–Kier alpha value is -1.84. The zero-order valence-electron chi connectivity index (χ0n) is 12.2. The highest BCUT2D eigenvalue weighted by Gasteiger charge is 2.27. The number of rotatable bonds is 2. The summed E-state index contributed by atoms with van der Waals surface area (Å²) in [5.74, 6) is 0.234. The van der Waals surface area contributed by atoms with Crippen molar-refractivity contribution in [2.24, 2.45) is 5.92 Å². The Bertz CT molecular complexity index is 535. The summed E-state index contributed by atoms with van der Waals surface area (Å²) in [5.41, 5.74) is 0.644. The number of allylic oxidation sites excluding steroid dienone is 2. The van der Waals surface area contributed by atoms with Gasteiger partial charge < -0.3 is 9.80 Å². The minimum Gasteiger partial charge on any atom is -0.366 e. The van der Waals surface area contributed by atoms with Crippen LogP contribution >= 0.6 is 0 Å². The fraction of sp³-hybridized carbons (Fsp3) is 0.471. The molecule has 1 aromatic carbocycles. The van der Waals surface area contributed by atoms with E-state index < -0.39 is 0 Å². The maximum absolute atomic E-state index is 13.8. The van der Waals surface area contributed by atoms with Gasteiger partial charge in [-0.2, -0.15) is 0 Å². The van der Waals surface area contributed by atoms with Gasteiger partial charge in [0.05, 0.1) is 5.69 Å². The summed E-state index contributed by atoms with van der Waals surface area (Å²) < 4.78 is 13.8. The molecule has 4 heteroatoms. The van der Waals surface area contributed by atoms with Crippen molar-refractivity contribution >= 4 is 11.6 Å². The average molecular weight is 288 g/mol. The number of benzene rings is 1. The molecule has 0 aromatic heterocycles. The minimum atomic E-state index is -0.185. The fourth-order valence-electron chi connectivity index (χ4n) is 3.15. The number of carbonyl (C=O) groups is 1. The molecule has 0 bridgehead atoms. The Morgan fingerprint density at radius 2 is 1.86 bits per heavy atom. The number of piperazine rings is 1. The lowest BCUT2D eigenvalue weighted by Gasteiger charge is -2.37. The van der Waals surface area contributed by atoms with Gasteiger partial charge >= 0.3 is 0 Å². The van der Waals surface area contributed by atoms with Gasteiger partial charge in [0.1, 0.15) is 5.82 Å². The van der Waals surface area contributed by atoms with E-state index in [1.807, 2.05) is 15.9 Å². The molecule has 0 saturated carbocycles. The molecule has 0 radical (unpaired) electrons. The number of hydrogen-bond donors (Lipinski definition) is 0. The number of nitrogens with zero attached hydrogens (tertiary/aromatic N) is 2. The molecule has 3 rings (SSSR count). The highest BCUT2D eigenvalue weighted by atomic mass is 19.1. The van der Waals surface area contributed by atoms with Crippen LogP contribution in [0.15, 0.2) is 36.4 Å². The van der Waals surface area contributed by atoms with Crippen LogP contribution in [0.4, 0.5) is 10.1 Å². The third-order valence-corrected chi connectivity index (χ3v) is 4.40. The van der Waals surface area contributed by atoms with Crippen molar-refractivity contribution in [2.75, 3.05) is 31.1 Å².